The van der Waals surface area contributed by atoms with E-state index in [2.05, 4.69) is 38.9 Å². The Balaban J connectivity index is 2.52. The van der Waals surface area contributed by atoms with Gasteiger partial charge in [-0.3, -0.25) is 4.68 Å². The fraction of sp³-hybridized carbons (Fsp3) is 0.769. The Labute approximate surface area is 109 Å². The molecule has 1 N–H and O–H groups in total. The lowest BCUT2D eigenvalue weighted by atomic mass is 10.2. The summed E-state index contributed by atoms with van der Waals surface area (Å²) in [5, 5.41) is 14.4. The van der Waals surface area contributed by atoms with Crippen LogP contribution in [0, 0.1) is 6.92 Å². The molecule has 0 bridgehead atoms. The highest BCUT2D eigenvalue weighted by Crippen LogP contribution is 2.24. The number of aryl methyl sites for hydroxylation is 2. The molecular formula is C13H24N2OS. The average Bonchev–Trinajstić information content (AvgIpc) is 2.55. The van der Waals surface area contributed by atoms with E-state index >= 15 is 0 Å². The van der Waals surface area contributed by atoms with E-state index in [9.17, 15) is 5.11 Å². The first-order valence-electron chi connectivity index (χ1n) is 6.17. The normalized spacial score (nSPS) is 14.0. The van der Waals surface area contributed by atoms with Crippen molar-refractivity contribution in [2.24, 2.45) is 0 Å². The van der Waals surface area contributed by atoms with Gasteiger partial charge in [0.1, 0.15) is 0 Å². The number of aliphatic hydroxyl groups excluding tert-OH is 1. The van der Waals surface area contributed by atoms with E-state index in [0.29, 0.717) is 6.42 Å². The minimum absolute atomic E-state index is 0.210. The van der Waals surface area contributed by atoms with Crippen molar-refractivity contribution in [3.05, 3.63) is 17.5 Å². The number of rotatable bonds is 5. The molecule has 1 aromatic heterocycles. The van der Waals surface area contributed by atoms with Crippen LogP contribution in [0.3, 0.4) is 0 Å². The highest BCUT2D eigenvalue weighted by Gasteiger charge is 2.16. The molecule has 0 aromatic carbocycles. The monoisotopic (exact) mass is 256 g/mol. The molecule has 0 spiro atoms. The standard InChI is InChI=1S/C13H24N2OS/c1-6-15-11(7-10(2)14-15)8-12(16)9-17-13(3,4)5/h7,12,16H,6,8-9H2,1-5H3. The molecule has 0 amide bonds. The SMILES string of the molecule is CCn1nc(C)cc1CC(O)CSC(C)(C)C. The fourth-order valence-electron chi connectivity index (χ4n) is 1.68. The van der Waals surface area contributed by atoms with Gasteiger partial charge in [-0.2, -0.15) is 16.9 Å². The molecule has 17 heavy (non-hydrogen) atoms. The molecule has 1 aromatic rings. The van der Waals surface area contributed by atoms with Crippen LogP contribution in [0.15, 0.2) is 6.07 Å². The zero-order valence-electron chi connectivity index (χ0n) is 11.5. The van der Waals surface area contributed by atoms with Gasteiger partial charge in [-0.05, 0) is 19.9 Å². The van der Waals surface area contributed by atoms with Crippen molar-refractivity contribution in [2.45, 2.75) is 58.4 Å². The lowest BCUT2D eigenvalue weighted by Gasteiger charge is -2.20. The van der Waals surface area contributed by atoms with Gasteiger partial charge in [0.05, 0.1) is 11.8 Å². The molecular weight excluding hydrogens is 232 g/mol. The average molecular weight is 256 g/mol. The quantitative estimate of drug-likeness (QED) is 0.880. The summed E-state index contributed by atoms with van der Waals surface area (Å²) in [6, 6.07) is 2.06. The van der Waals surface area contributed by atoms with E-state index in [1.807, 2.05) is 11.6 Å². The molecule has 0 aliphatic heterocycles. The minimum atomic E-state index is -0.291. The maximum Gasteiger partial charge on any atom is 0.0686 e. The third kappa shape index (κ3) is 5.13. The van der Waals surface area contributed by atoms with E-state index in [0.717, 1.165) is 23.7 Å². The first-order chi connectivity index (χ1) is 7.81. The van der Waals surface area contributed by atoms with E-state index in [1.165, 1.54) is 0 Å². The Kier molecular flexibility index (Phi) is 5.07. The second-order valence-electron chi connectivity index (χ2n) is 5.37. The van der Waals surface area contributed by atoms with Gasteiger partial charge >= 0.3 is 0 Å². The summed E-state index contributed by atoms with van der Waals surface area (Å²) in [5.41, 5.74) is 2.16. The van der Waals surface area contributed by atoms with Crippen molar-refractivity contribution >= 4 is 11.8 Å². The number of nitrogens with zero attached hydrogens (tertiary/aromatic N) is 2. The van der Waals surface area contributed by atoms with Gasteiger partial charge in [-0.25, -0.2) is 0 Å². The number of aromatic nitrogens is 2. The Morgan fingerprint density at radius 1 is 1.47 bits per heavy atom. The number of hydrogen-bond acceptors (Lipinski definition) is 3. The molecule has 4 heteroatoms. The first-order valence-corrected chi connectivity index (χ1v) is 7.15. The van der Waals surface area contributed by atoms with Crippen molar-refractivity contribution in [2.75, 3.05) is 5.75 Å². The Bertz CT molecular complexity index is 355. The van der Waals surface area contributed by atoms with Crippen LogP contribution in [-0.2, 0) is 13.0 Å². The zero-order chi connectivity index (χ0) is 13.1. The smallest absolute Gasteiger partial charge is 0.0686 e. The molecule has 0 aliphatic rings. The van der Waals surface area contributed by atoms with E-state index in [4.69, 9.17) is 0 Å². The Hall–Kier alpha value is -0.480. The highest BCUT2D eigenvalue weighted by molar-refractivity contribution is 8.00. The van der Waals surface area contributed by atoms with Crippen LogP contribution in [0.5, 0.6) is 0 Å². The summed E-state index contributed by atoms with van der Waals surface area (Å²) in [7, 11) is 0. The maximum atomic E-state index is 10.0. The molecule has 3 nitrogen and oxygen atoms in total. The van der Waals surface area contributed by atoms with Crippen LogP contribution >= 0.6 is 11.8 Å². The summed E-state index contributed by atoms with van der Waals surface area (Å²) in [6.45, 7) is 11.4. The van der Waals surface area contributed by atoms with Crippen LogP contribution in [0.25, 0.3) is 0 Å². The summed E-state index contributed by atoms with van der Waals surface area (Å²) in [5.74, 6) is 0.775. The van der Waals surface area contributed by atoms with Gasteiger partial charge in [0.2, 0.25) is 0 Å². The van der Waals surface area contributed by atoms with Crippen LogP contribution in [0.2, 0.25) is 0 Å². The van der Waals surface area contributed by atoms with Crippen molar-refractivity contribution < 1.29 is 5.11 Å². The summed E-state index contributed by atoms with van der Waals surface area (Å²) in [4.78, 5) is 0. The predicted octanol–water partition coefficient (Wildman–Crippen LogP) is 2.65. The molecule has 0 radical (unpaired) electrons. The first kappa shape index (κ1) is 14.6. The van der Waals surface area contributed by atoms with Gasteiger partial charge in [0.15, 0.2) is 0 Å². The van der Waals surface area contributed by atoms with Crippen molar-refractivity contribution in [1.82, 2.24) is 9.78 Å². The molecule has 1 rings (SSSR count). The van der Waals surface area contributed by atoms with Gasteiger partial charge < -0.3 is 5.11 Å². The molecule has 0 saturated heterocycles. The van der Waals surface area contributed by atoms with Gasteiger partial charge in [-0.15, -0.1) is 0 Å². The molecule has 98 valence electrons. The van der Waals surface area contributed by atoms with Crippen LogP contribution < -0.4 is 0 Å². The second-order valence-corrected chi connectivity index (χ2v) is 7.22. The van der Waals surface area contributed by atoms with Crippen LogP contribution in [0.1, 0.15) is 39.1 Å². The fourth-order valence-corrected chi connectivity index (χ4v) is 2.49. The summed E-state index contributed by atoms with van der Waals surface area (Å²) >= 11 is 1.80. The largest absolute Gasteiger partial charge is 0.392 e. The summed E-state index contributed by atoms with van der Waals surface area (Å²) in [6.07, 6.45) is 0.401. The van der Waals surface area contributed by atoms with Crippen molar-refractivity contribution in [3.8, 4) is 0 Å². The van der Waals surface area contributed by atoms with Gasteiger partial charge in [0.25, 0.3) is 0 Å². The van der Waals surface area contributed by atoms with E-state index in [1.54, 1.807) is 11.8 Å². The van der Waals surface area contributed by atoms with Crippen LogP contribution in [-0.4, -0.2) is 31.5 Å². The number of hydrogen-bond donors (Lipinski definition) is 1. The molecule has 1 atom stereocenters. The zero-order valence-corrected chi connectivity index (χ0v) is 12.3. The minimum Gasteiger partial charge on any atom is -0.392 e. The van der Waals surface area contributed by atoms with Crippen LogP contribution in [0.4, 0.5) is 0 Å². The lowest BCUT2D eigenvalue weighted by Crippen LogP contribution is -2.20. The Morgan fingerprint density at radius 3 is 2.65 bits per heavy atom. The molecule has 0 saturated carbocycles. The number of aliphatic hydroxyl groups is 1. The van der Waals surface area contributed by atoms with Gasteiger partial charge in [0, 0.05) is 29.2 Å². The van der Waals surface area contributed by atoms with Crippen molar-refractivity contribution in [3.63, 3.8) is 0 Å². The Morgan fingerprint density at radius 2 is 2.12 bits per heavy atom. The number of thioether (sulfide) groups is 1. The third-order valence-corrected chi connectivity index (χ3v) is 3.86. The van der Waals surface area contributed by atoms with E-state index in [-0.39, 0.29) is 10.9 Å². The molecule has 1 heterocycles. The predicted molar refractivity (Wildman–Crippen MR) is 74.6 cm³/mol. The third-order valence-electron chi connectivity index (χ3n) is 2.44. The topological polar surface area (TPSA) is 38.0 Å². The lowest BCUT2D eigenvalue weighted by molar-refractivity contribution is 0.196. The second kappa shape index (κ2) is 5.91. The van der Waals surface area contributed by atoms with E-state index < -0.39 is 0 Å². The van der Waals surface area contributed by atoms with Crippen molar-refractivity contribution in [1.29, 1.82) is 0 Å². The molecule has 0 fully saturated rings. The van der Waals surface area contributed by atoms with Gasteiger partial charge in [-0.1, -0.05) is 20.8 Å². The molecule has 0 aliphatic carbocycles. The summed E-state index contributed by atoms with van der Waals surface area (Å²) < 4.78 is 2.18. The molecule has 1 unspecified atom stereocenters. The highest BCUT2D eigenvalue weighted by atomic mass is 32.2. The maximum absolute atomic E-state index is 10.0.